The van der Waals surface area contributed by atoms with Crippen LogP contribution in [0.2, 0.25) is 0 Å². The molecule has 9 rings (SSSR count). The minimum Gasteiger partial charge on any atom is -0.228 e. The Morgan fingerprint density at radius 3 is 1.98 bits per heavy atom. The van der Waals surface area contributed by atoms with Crippen LogP contribution in [0.3, 0.4) is 0 Å². The Labute approximate surface area is 262 Å². The topological polar surface area (TPSA) is 25.8 Å². The molecule has 6 aromatic carbocycles. The minimum atomic E-state index is 0.756. The van der Waals surface area contributed by atoms with E-state index in [9.17, 15) is 0 Å². The molecule has 0 aliphatic rings. The van der Waals surface area contributed by atoms with Crippen LogP contribution in [0.25, 0.3) is 85.4 Å². The van der Waals surface area contributed by atoms with Crippen LogP contribution in [0.4, 0.5) is 0 Å². The quantitative estimate of drug-likeness (QED) is 0.202. The molecule has 0 radical (unpaired) electrons. The average Bonchev–Trinajstić information content (AvgIpc) is 3.70. The standard InChI is InChI=1S/C40H24N2S2/c1-2-9-25(10-3-1)26-17-18-28-22-29(20-19-27(28)21-26)34-24-35(38-23-30-11-4-6-15-36(30)43-38)42-40(41-34)33-14-8-13-32-31-12-5-7-16-37(31)44-39(32)33/h1-24H. The number of thiophene rings is 2. The number of rotatable bonds is 4. The van der Waals surface area contributed by atoms with Gasteiger partial charge in [0.1, 0.15) is 0 Å². The number of fused-ring (bicyclic) bond motifs is 5. The van der Waals surface area contributed by atoms with Gasteiger partial charge in [-0.2, -0.15) is 0 Å². The van der Waals surface area contributed by atoms with Crippen molar-refractivity contribution in [3.8, 4) is 44.3 Å². The molecule has 0 saturated carbocycles. The fraction of sp³-hybridized carbons (Fsp3) is 0. The van der Waals surface area contributed by atoms with Crippen LogP contribution in [0.15, 0.2) is 146 Å². The third kappa shape index (κ3) is 4.31. The van der Waals surface area contributed by atoms with Crippen LogP contribution in [0.5, 0.6) is 0 Å². The first kappa shape index (κ1) is 25.3. The molecular formula is C40H24N2S2. The van der Waals surface area contributed by atoms with Crippen molar-refractivity contribution < 1.29 is 0 Å². The van der Waals surface area contributed by atoms with Crippen molar-refractivity contribution in [2.24, 2.45) is 0 Å². The number of hydrogen-bond acceptors (Lipinski definition) is 4. The van der Waals surface area contributed by atoms with E-state index in [0.717, 1.165) is 33.2 Å². The average molecular weight is 597 g/mol. The zero-order valence-corrected chi connectivity index (χ0v) is 25.2. The Hall–Kier alpha value is -5.16. The van der Waals surface area contributed by atoms with Crippen LogP contribution in [-0.2, 0) is 0 Å². The van der Waals surface area contributed by atoms with Crippen LogP contribution < -0.4 is 0 Å². The number of aromatic nitrogens is 2. The summed E-state index contributed by atoms with van der Waals surface area (Å²) in [5.41, 5.74) is 6.47. The van der Waals surface area contributed by atoms with E-state index < -0.39 is 0 Å². The van der Waals surface area contributed by atoms with Gasteiger partial charge >= 0.3 is 0 Å². The Bertz CT molecular complexity index is 2470. The molecule has 206 valence electrons. The fourth-order valence-corrected chi connectivity index (χ4v) is 8.32. The van der Waals surface area contributed by atoms with Gasteiger partial charge in [0, 0.05) is 36.0 Å². The largest absolute Gasteiger partial charge is 0.228 e. The van der Waals surface area contributed by atoms with Gasteiger partial charge in [0.2, 0.25) is 0 Å². The van der Waals surface area contributed by atoms with Crippen molar-refractivity contribution in [1.29, 1.82) is 0 Å². The molecule has 44 heavy (non-hydrogen) atoms. The minimum absolute atomic E-state index is 0.756. The summed E-state index contributed by atoms with van der Waals surface area (Å²) in [5.74, 6) is 0.756. The smallest absolute Gasteiger partial charge is 0.161 e. The first-order chi connectivity index (χ1) is 21.8. The van der Waals surface area contributed by atoms with Crippen LogP contribution in [0, 0.1) is 0 Å². The van der Waals surface area contributed by atoms with Crippen molar-refractivity contribution >= 4 is 63.7 Å². The van der Waals surface area contributed by atoms with E-state index in [-0.39, 0.29) is 0 Å². The van der Waals surface area contributed by atoms with E-state index >= 15 is 0 Å². The van der Waals surface area contributed by atoms with E-state index in [4.69, 9.17) is 9.97 Å². The third-order valence-electron chi connectivity index (χ3n) is 8.29. The summed E-state index contributed by atoms with van der Waals surface area (Å²) < 4.78 is 3.76. The summed E-state index contributed by atoms with van der Waals surface area (Å²) in [4.78, 5) is 11.6. The lowest BCUT2D eigenvalue weighted by Gasteiger charge is -2.10. The number of hydrogen-bond donors (Lipinski definition) is 0. The third-order valence-corrected chi connectivity index (χ3v) is 10.7. The highest BCUT2D eigenvalue weighted by Crippen LogP contribution is 2.41. The molecule has 0 atom stereocenters. The molecule has 0 N–H and O–H groups in total. The van der Waals surface area contributed by atoms with Gasteiger partial charge in [-0.3, -0.25) is 0 Å². The summed E-state index contributed by atoms with van der Waals surface area (Å²) in [6.07, 6.45) is 0. The van der Waals surface area contributed by atoms with Crippen molar-refractivity contribution in [2.45, 2.75) is 0 Å². The van der Waals surface area contributed by atoms with E-state index in [1.807, 2.05) is 11.3 Å². The summed E-state index contributed by atoms with van der Waals surface area (Å²) in [7, 11) is 0. The molecule has 3 heterocycles. The number of nitrogens with zero attached hydrogens (tertiary/aromatic N) is 2. The van der Waals surface area contributed by atoms with Gasteiger partial charge in [0.15, 0.2) is 5.82 Å². The molecule has 0 aliphatic carbocycles. The van der Waals surface area contributed by atoms with Crippen molar-refractivity contribution in [1.82, 2.24) is 9.97 Å². The highest BCUT2D eigenvalue weighted by molar-refractivity contribution is 7.26. The predicted molar refractivity (Wildman–Crippen MR) is 190 cm³/mol. The lowest BCUT2D eigenvalue weighted by Crippen LogP contribution is -1.95. The normalized spacial score (nSPS) is 11.6. The van der Waals surface area contributed by atoms with E-state index in [0.29, 0.717) is 0 Å². The van der Waals surface area contributed by atoms with Gasteiger partial charge in [0.05, 0.1) is 16.3 Å². The molecule has 0 bridgehead atoms. The van der Waals surface area contributed by atoms with Crippen molar-refractivity contribution in [3.63, 3.8) is 0 Å². The predicted octanol–water partition coefficient (Wildman–Crippen LogP) is 11.9. The Morgan fingerprint density at radius 2 is 1.11 bits per heavy atom. The van der Waals surface area contributed by atoms with Gasteiger partial charge < -0.3 is 0 Å². The van der Waals surface area contributed by atoms with Crippen LogP contribution >= 0.6 is 22.7 Å². The maximum Gasteiger partial charge on any atom is 0.161 e. The Kier molecular flexibility index (Phi) is 5.90. The second kappa shape index (κ2) is 10.2. The first-order valence-corrected chi connectivity index (χ1v) is 16.3. The second-order valence-electron chi connectivity index (χ2n) is 11.0. The van der Waals surface area contributed by atoms with Gasteiger partial charge in [-0.1, -0.05) is 103 Å². The molecule has 0 saturated heterocycles. The molecule has 0 fully saturated rings. The molecule has 2 nitrogen and oxygen atoms in total. The molecule has 0 aliphatic heterocycles. The zero-order chi connectivity index (χ0) is 29.0. The maximum absolute atomic E-state index is 5.25. The zero-order valence-electron chi connectivity index (χ0n) is 23.6. The van der Waals surface area contributed by atoms with E-state index in [1.165, 1.54) is 52.2 Å². The molecular weight excluding hydrogens is 573 g/mol. The Morgan fingerprint density at radius 1 is 0.409 bits per heavy atom. The highest BCUT2D eigenvalue weighted by Gasteiger charge is 2.17. The summed E-state index contributed by atoms with van der Waals surface area (Å²) in [5, 5.41) is 6.17. The molecule has 0 amide bonds. The van der Waals surface area contributed by atoms with Crippen LogP contribution in [0.1, 0.15) is 0 Å². The van der Waals surface area contributed by atoms with Crippen molar-refractivity contribution in [3.05, 3.63) is 146 Å². The summed E-state index contributed by atoms with van der Waals surface area (Å²) in [6.45, 7) is 0. The Balaban J connectivity index is 1.24. The van der Waals surface area contributed by atoms with Gasteiger partial charge in [-0.05, 0) is 69.8 Å². The summed E-state index contributed by atoms with van der Waals surface area (Å²) in [6, 6.07) is 52.0. The highest BCUT2D eigenvalue weighted by atomic mass is 32.1. The molecule has 0 spiro atoms. The summed E-state index contributed by atoms with van der Waals surface area (Å²) >= 11 is 3.59. The van der Waals surface area contributed by atoms with Crippen LogP contribution in [-0.4, -0.2) is 9.97 Å². The van der Waals surface area contributed by atoms with E-state index in [2.05, 4.69) is 146 Å². The van der Waals surface area contributed by atoms with E-state index in [1.54, 1.807) is 11.3 Å². The van der Waals surface area contributed by atoms with Gasteiger partial charge in [0.25, 0.3) is 0 Å². The molecule has 4 heteroatoms. The SMILES string of the molecule is c1ccc(-c2ccc3cc(-c4cc(-c5cc6ccccc6s5)nc(-c5cccc6c5sc5ccccc56)n4)ccc3c2)cc1. The van der Waals surface area contributed by atoms with Crippen molar-refractivity contribution in [2.75, 3.05) is 0 Å². The van der Waals surface area contributed by atoms with Gasteiger partial charge in [-0.15, -0.1) is 22.7 Å². The molecule has 3 aromatic heterocycles. The fourth-order valence-electron chi connectivity index (χ4n) is 6.09. The molecule has 0 unspecified atom stereocenters. The number of benzene rings is 6. The lowest BCUT2D eigenvalue weighted by atomic mass is 9.99. The molecule has 9 aromatic rings. The second-order valence-corrected chi connectivity index (χ2v) is 13.2. The lowest BCUT2D eigenvalue weighted by molar-refractivity contribution is 1.19. The monoisotopic (exact) mass is 596 g/mol. The van der Waals surface area contributed by atoms with Gasteiger partial charge in [-0.25, -0.2) is 9.97 Å². The maximum atomic E-state index is 5.25. The first-order valence-electron chi connectivity index (χ1n) is 14.7.